The maximum atomic E-state index is 10.8. The van der Waals surface area contributed by atoms with Gasteiger partial charge in [-0.1, -0.05) is 17.8 Å². The molecule has 0 aliphatic rings. The molecule has 112 valence electrons. The molecule has 0 radical (unpaired) electrons. The van der Waals surface area contributed by atoms with Crippen molar-refractivity contribution in [3.8, 4) is 0 Å². The third-order valence-corrected chi connectivity index (χ3v) is 4.14. The van der Waals surface area contributed by atoms with E-state index in [1.54, 1.807) is 18.0 Å². The fourth-order valence-corrected chi connectivity index (χ4v) is 3.01. The lowest BCUT2D eigenvalue weighted by molar-refractivity contribution is -0.136. The minimum atomic E-state index is -0.837. The summed E-state index contributed by atoms with van der Waals surface area (Å²) in [6.45, 7) is 2.04. The SMILES string of the molecule is Cc1ccnc(SCc2nc3cc(CC(=O)O)ccc3[nH]2)c1. The molecule has 0 unspecified atom stereocenters. The molecule has 2 aromatic heterocycles. The van der Waals surface area contributed by atoms with Crippen LogP contribution in [0.1, 0.15) is 17.0 Å². The van der Waals surface area contributed by atoms with Gasteiger partial charge in [0.2, 0.25) is 0 Å². The number of hydrogen-bond donors (Lipinski definition) is 2. The van der Waals surface area contributed by atoms with Gasteiger partial charge < -0.3 is 10.1 Å². The fraction of sp³-hybridized carbons (Fsp3) is 0.188. The fourth-order valence-electron chi connectivity index (χ4n) is 2.19. The second-order valence-electron chi connectivity index (χ2n) is 5.07. The summed E-state index contributed by atoms with van der Waals surface area (Å²) in [6.07, 6.45) is 1.81. The van der Waals surface area contributed by atoms with Crippen molar-refractivity contribution in [2.45, 2.75) is 24.1 Å². The summed E-state index contributed by atoms with van der Waals surface area (Å²) >= 11 is 1.62. The van der Waals surface area contributed by atoms with Gasteiger partial charge in [-0.05, 0) is 42.3 Å². The molecule has 0 saturated heterocycles. The quantitative estimate of drug-likeness (QED) is 0.707. The first-order valence-electron chi connectivity index (χ1n) is 6.85. The van der Waals surface area contributed by atoms with E-state index in [0.29, 0.717) is 5.75 Å². The predicted octanol–water partition coefficient (Wildman–Crippen LogP) is 3.19. The van der Waals surface area contributed by atoms with Gasteiger partial charge in [0.1, 0.15) is 5.82 Å². The molecule has 22 heavy (non-hydrogen) atoms. The average molecular weight is 313 g/mol. The lowest BCUT2D eigenvalue weighted by atomic mass is 10.1. The summed E-state index contributed by atoms with van der Waals surface area (Å²) in [5, 5.41) is 9.80. The number of aryl methyl sites for hydroxylation is 1. The molecule has 0 bridgehead atoms. The van der Waals surface area contributed by atoms with Gasteiger partial charge in [0, 0.05) is 6.20 Å². The minimum Gasteiger partial charge on any atom is -0.481 e. The molecule has 0 atom stereocenters. The Bertz CT molecular complexity index is 829. The van der Waals surface area contributed by atoms with Crippen LogP contribution in [0.3, 0.4) is 0 Å². The molecule has 3 aromatic rings. The van der Waals surface area contributed by atoms with E-state index in [-0.39, 0.29) is 6.42 Å². The maximum absolute atomic E-state index is 10.8. The number of carboxylic acids is 1. The number of aromatic nitrogens is 3. The standard InChI is InChI=1S/C16H15N3O2S/c1-10-4-5-17-15(6-10)22-9-14-18-12-3-2-11(8-16(20)21)7-13(12)19-14/h2-7H,8-9H2,1H3,(H,18,19)(H,20,21). The number of nitrogens with zero attached hydrogens (tertiary/aromatic N) is 2. The van der Waals surface area contributed by atoms with Crippen LogP contribution in [0.15, 0.2) is 41.6 Å². The second kappa shape index (κ2) is 6.19. The van der Waals surface area contributed by atoms with E-state index in [4.69, 9.17) is 5.11 Å². The highest BCUT2D eigenvalue weighted by atomic mass is 32.2. The van der Waals surface area contributed by atoms with Crippen LogP contribution < -0.4 is 0 Å². The number of aliphatic carboxylic acids is 1. The van der Waals surface area contributed by atoms with Crippen molar-refractivity contribution in [2.75, 3.05) is 0 Å². The molecule has 0 fully saturated rings. The normalized spacial score (nSPS) is 11.0. The van der Waals surface area contributed by atoms with E-state index in [1.807, 2.05) is 37.3 Å². The summed E-state index contributed by atoms with van der Waals surface area (Å²) in [5.74, 6) is 0.714. The highest BCUT2D eigenvalue weighted by Gasteiger charge is 2.07. The van der Waals surface area contributed by atoms with Gasteiger partial charge in [0.05, 0.1) is 28.2 Å². The Balaban J connectivity index is 1.75. The van der Waals surface area contributed by atoms with E-state index < -0.39 is 5.97 Å². The minimum absolute atomic E-state index is 0.0140. The largest absolute Gasteiger partial charge is 0.481 e. The summed E-state index contributed by atoms with van der Waals surface area (Å²) in [6, 6.07) is 9.51. The molecule has 0 aliphatic heterocycles. The lowest BCUT2D eigenvalue weighted by Gasteiger charge is -1.99. The van der Waals surface area contributed by atoms with E-state index in [0.717, 1.165) is 27.4 Å². The number of aromatic amines is 1. The predicted molar refractivity (Wildman–Crippen MR) is 86.0 cm³/mol. The summed E-state index contributed by atoms with van der Waals surface area (Å²) in [4.78, 5) is 22.8. The molecular weight excluding hydrogens is 298 g/mol. The molecule has 0 amide bonds. The van der Waals surface area contributed by atoms with Crippen molar-refractivity contribution in [3.63, 3.8) is 0 Å². The summed E-state index contributed by atoms with van der Waals surface area (Å²) in [5.41, 5.74) is 3.65. The van der Waals surface area contributed by atoms with Gasteiger partial charge in [0.25, 0.3) is 0 Å². The zero-order valence-electron chi connectivity index (χ0n) is 12.0. The van der Waals surface area contributed by atoms with Crippen molar-refractivity contribution >= 4 is 28.8 Å². The van der Waals surface area contributed by atoms with Crippen LogP contribution in [0.4, 0.5) is 0 Å². The average Bonchev–Trinajstić information content (AvgIpc) is 2.87. The number of imidazole rings is 1. The number of pyridine rings is 1. The van der Waals surface area contributed by atoms with Gasteiger partial charge in [-0.25, -0.2) is 9.97 Å². The van der Waals surface area contributed by atoms with E-state index in [2.05, 4.69) is 15.0 Å². The molecular formula is C16H15N3O2S. The van der Waals surface area contributed by atoms with Gasteiger partial charge in [-0.15, -0.1) is 0 Å². The molecule has 5 nitrogen and oxygen atoms in total. The number of hydrogen-bond acceptors (Lipinski definition) is 4. The van der Waals surface area contributed by atoms with Crippen LogP contribution in [-0.2, 0) is 17.0 Å². The molecule has 1 aromatic carbocycles. The Labute approximate surface area is 131 Å². The highest BCUT2D eigenvalue weighted by Crippen LogP contribution is 2.22. The third-order valence-electron chi connectivity index (χ3n) is 3.20. The Morgan fingerprint density at radius 2 is 2.18 bits per heavy atom. The maximum Gasteiger partial charge on any atom is 0.307 e. The van der Waals surface area contributed by atoms with Crippen molar-refractivity contribution in [2.24, 2.45) is 0 Å². The number of rotatable bonds is 5. The molecule has 2 heterocycles. The van der Waals surface area contributed by atoms with Gasteiger partial charge >= 0.3 is 5.97 Å². The number of fused-ring (bicyclic) bond motifs is 1. The molecule has 0 aliphatic carbocycles. The van der Waals surface area contributed by atoms with Crippen LogP contribution in [0, 0.1) is 6.92 Å². The van der Waals surface area contributed by atoms with Crippen molar-refractivity contribution in [3.05, 3.63) is 53.5 Å². The molecule has 0 spiro atoms. The molecule has 6 heteroatoms. The molecule has 3 rings (SSSR count). The summed E-state index contributed by atoms with van der Waals surface area (Å²) in [7, 11) is 0. The van der Waals surface area contributed by atoms with Crippen molar-refractivity contribution < 1.29 is 9.90 Å². The van der Waals surface area contributed by atoms with E-state index >= 15 is 0 Å². The van der Waals surface area contributed by atoms with Gasteiger partial charge in [-0.3, -0.25) is 4.79 Å². The second-order valence-corrected chi connectivity index (χ2v) is 6.06. The van der Waals surface area contributed by atoms with Gasteiger partial charge in [0.15, 0.2) is 0 Å². The van der Waals surface area contributed by atoms with Crippen LogP contribution >= 0.6 is 11.8 Å². The molecule has 2 N–H and O–H groups in total. The van der Waals surface area contributed by atoms with E-state index in [1.165, 1.54) is 5.56 Å². The van der Waals surface area contributed by atoms with Crippen LogP contribution in [-0.4, -0.2) is 26.0 Å². The number of benzene rings is 1. The monoisotopic (exact) mass is 313 g/mol. The number of nitrogens with one attached hydrogen (secondary N) is 1. The highest BCUT2D eigenvalue weighted by molar-refractivity contribution is 7.98. The number of H-pyrrole nitrogens is 1. The number of carboxylic acid groups (broad SMARTS) is 1. The topological polar surface area (TPSA) is 78.9 Å². The Morgan fingerprint density at radius 1 is 1.32 bits per heavy atom. The van der Waals surface area contributed by atoms with Crippen LogP contribution in [0.25, 0.3) is 11.0 Å². The van der Waals surface area contributed by atoms with Crippen molar-refractivity contribution in [1.82, 2.24) is 15.0 Å². The first kappa shape index (κ1) is 14.6. The zero-order valence-corrected chi connectivity index (χ0v) is 12.9. The first-order chi connectivity index (χ1) is 10.6. The zero-order chi connectivity index (χ0) is 15.5. The number of carbonyl (C=O) groups is 1. The van der Waals surface area contributed by atoms with E-state index in [9.17, 15) is 4.79 Å². The van der Waals surface area contributed by atoms with Crippen LogP contribution in [0.5, 0.6) is 0 Å². The smallest absolute Gasteiger partial charge is 0.307 e. The Hall–Kier alpha value is -2.34. The first-order valence-corrected chi connectivity index (χ1v) is 7.83. The van der Waals surface area contributed by atoms with Gasteiger partial charge in [-0.2, -0.15) is 0 Å². The van der Waals surface area contributed by atoms with Crippen molar-refractivity contribution in [1.29, 1.82) is 0 Å². The van der Waals surface area contributed by atoms with Crippen LogP contribution in [0.2, 0.25) is 0 Å². The number of thioether (sulfide) groups is 1. The summed E-state index contributed by atoms with van der Waals surface area (Å²) < 4.78 is 0. The molecule has 0 saturated carbocycles. The third kappa shape index (κ3) is 3.46. The lowest BCUT2D eigenvalue weighted by Crippen LogP contribution is -1.99. The Morgan fingerprint density at radius 3 is 2.95 bits per heavy atom. The Kier molecular flexibility index (Phi) is 4.11.